The fourth-order valence-corrected chi connectivity index (χ4v) is 5.96. The molecule has 1 aliphatic heterocycles. The predicted octanol–water partition coefficient (Wildman–Crippen LogP) is 7.47. The minimum absolute atomic E-state index is 0.0577. The third kappa shape index (κ3) is 5.99. The average Bonchev–Trinajstić information content (AvgIpc) is 3.42. The number of anilines is 1. The number of benzene rings is 4. The topological polar surface area (TPSA) is 74.6 Å². The predicted molar refractivity (Wildman–Crippen MR) is 166 cm³/mol. The van der Waals surface area contributed by atoms with Crippen LogP contribution in [-0.4, -0.2) is 42.9 Å². The summed E-state index contributed by atoms with van der Waals surface area (Å²) >= 11 is 6.12. The van der Waals surface area contributed by atoms with Gasteiger partial charge in [-0.25, -0.2) is 0 Å². The Morgan fingerprint density at radius 3 is 2.44 bits per heavy atom. The zero-order chi connectivity index (χ0) is 28.3. The van der Waals surface area contributed by atoms with Crippen molar-refractivity contribution in [2.45, 2.75) is 25.7 Å². The SMILES string of the molecule is CC(=O)Nc1cccc(C2CCN(CCNC(=O)c3cc4cc(-c5ccc(Cl)cc5)c5ccccc5c4o3)CC2)c1. The molecular weight excluding hydrogens is 534 g/mol. The summed E-state index contributed by atoms with van der Waals surface area (Å²) < 4.78 is 6.12. The van der Waals surface area contributed by atoms with Gasteiger partial charge in [0.05, 0.1) is 0 Å². The number of hydrogen-bond acceptors (Lipinski definition) is 4. The molecule has 7 heteroatoms. The van der Waals surface area contributed by atoms with E-state index in [1.807, 2.05) is 60.7 Å². The van der Waals surface area contributed by atoms with E-state index in [9.17, 15) is 9.59 Å². The van der Waals surface area contributed by atoms with Crippen molar-refractivity contribution in [1.29, 1.82) is 0 Å². The number of hydrogen-bond donors (Lipinski definition) is 2. The number of fused-ring (bicyclic) bond motifs is 3. The third-order valence-corrected chi connectivity index (χ3v) is 8.13. The van der Waals surface area contributed by atoms with E-state index < -0.39 is 0 Å². The lowest BCUT2D eigenvalue weighted by Gasteiger charge is -2.32. The monoisotopic (exact) mass is 565 g/mol. The van der Waals surface area contributed by atoms with Crippen molar-refractivity contribution in [2.24, 2.45) is 0 Å². The lowest BCUT2D eigenvalue weighted by atomic mass is 9.89. The summed E-state index contributed by atoms with van der Waals surface area (Å²) in [4.78, 5) is 26.8. The van der Waals surface area contributed by atoms with Gasteiger partial charge in [-0.3, -0.25) is 9.59 Å². The number of likely N-dealkylation sites (tertiary alicyclic amines) is 1. The first-order chi connectivity index (χ1) is 19.9. The van der Waals surface area contributed by atoms with Crippen LogP contribution >= 0.6 is 11.6 Å². The van der Waals surface area contributed by atoms with E-state index in [0.29, 0.717) is 28.8 Å². The molecule has 2 amide bonds. The number of carbonyl (C=O) groups is 2. The Hall–Kier alpha value is -4.13. The molecule has 41 heavy (non-hydrogen) atoms. The number of halogens is 1. The summed E-state index contributed by atoms with van der Waals surface area (Å²) in [5.41, 5.74) is 4.96. The van der Waals surface area contributed by atoms with Gasteiger partial charge >= 0.3 is 0 Å². The lowest BCUT2D eigenvalue weighted by molar-refractivity contribution is -0.114. The molecule has 1 aromatic heterocycles. The number of amides is 2. The number of piperidine rings is 1. The minimum atomic E-state index is -0.206. The molecule has 5 aromatic rings. The van der Waals surface area contributed by atoms with Gasteiger partial charge in [0.1, 0.15) is 5.58 Å². The van der Waals surface area contributed by atoms with E-state index in [1.54, 1.807) is 0 Å². The highest BCUT2D eigenvalue weighted by molar-refractivity contribution is 6.30. The molecule has 2 heterocycles. The van der Waals surface area contributed by atoms with E-state index in [4.69, 9.17) is 16.0 Å². The second-order valence-corrected chi connectivity index (χ2v) is 11.1. The Kier molecular flexibility index (Phi) is 7.77. The smallest absolute Gasteiger partial charge is 0.287 e. The molecule has 4 aromatic carbocycles. The molecule has 1 fully saturated rings. The molecule has 208 valence electrons. The van der Waals surface area contributed by atoms with E-state index in [-0.39, 0.29) is 11.8 Å². The molecule has 1 saturated heterocycles. The first-order valence-electron chi connectivity index (χ1n) is 14.0. The molecule has 0 spiro atoms. The van der Waals surface area contributed by atoms with Gasteiger partial charge in [-0.05, 0) is 90.3 Å². The van der Waals surface area contributed by atoms with Crippen LogP contribution < -0.4 is 10.6 Å². The highest BCUT2D eigenvalue weighted by atomic mass is 35.5. The normalized spacial score (nSPS) is 14.4. The summed E-state index contributed by atoms with van der Waals surface area (Å²) in [7, 11) is 0. The average molecular weight is 566 g/mol. The highest BCUT2D eigenvalue weighted by Gasteiger charge is 2.21. The van der Waals surface area contributed by atoms with Crippen molar-refractivity contribution in [3.05, 3.63) is 101 Å². The number of furan rings is 1. The molecule has 1 aliphatic rings. The third-order valence-electron chi connectivity index (χ3n) is 7.88. The lowest BCUT2D eigenvalue weighted by Crippen LogP contribution is -2.39. The van der Waals surface area contributed by atoms with Crippen LogP contribution in [-0.2, 0) is 4.79 Å². The van der Waals surface area contributed by atoms with Gasteiger partial charge in [-0.2, -0.15) is 0 Å². The van der Waals surface area contributed by atoms with Crippen LogP contribution in [0.5, 0.6) is 0 Å². The van der Waals surface area contributed by atoms with Crippen molar-refractivity contribution in [2.75, 3.05) is 31.5 Å². The van der Waals surface area contributed by atoms with E-state index >= 15 is 0 Å². The van der Waals surface area contributed by atoms with Crippen molar-refractivity contribution >= 4 is 50.8 Å². The van der Waals surface area contributed by atoms with Crippen molar-refractivity contribution in [1.82, 2.24) is 10.2 Å². The molecule has 0 radical (unpaired) electrons. The van der Waals surface area contributed by atoms with Gasteiger partial charge in [-0.1, -0.05) is 60.1 Å². The van der Waals surface area contributed by atoms with Gasteiger partial charge in [0.25, 0.3) is 5.91 Å². The molecule has 0 unspecified atom stereocenters. The van der Waals surface area contributed by atoms with Crippen LogP contribution in [0.3, 0.4) is 0 Å². The summed E-state index contributed by atoms with van der Waals surface area (Å²) in [6.07, 6.45) is 2.09. The quantitative estimate of drug-likeness (QED) is 0.215. The maximum atomic E-state index is 13.1. The fourth-order valence-electron chi connectivity index (χ4n) is 5.83. The molecule has 6 rings (SSSR count). The van der Waals surface area contributed by atoms with E-state index in [0.717, 1.165) is 65.4 Å². The number of nitrogens with one attached hydrogen (secondary N) is 2. The van der Waals surface area contributed by atoms with Crippen LogP contribution in [0.1, 0.15) is 41.8 Å². The van der Waals surface area contributed by atoms with Gasteiger partial charge in [0, 0.05) is 41.5 Å². The molecule has 0 saturated carbocycles. The standard InChI is InChI=1S/C34H32ClN3O3/c1-22(39)37-28-6-4-5-25(19-28)23-13-16-38(17-14-23)18-15-36-34(40)32-21-26-20-31(24-9-11-27(35)12-10-24)29-7-2-3-8-30(29)33(26)41-32/h2-12,19-21,23H,13-18H2,1H3,(H,36,40)(H,37,39). The van der Waals surface area contributed by atoms with Gasteiger partial charge in [-0.15, -0.1) is 0 Å². The van der Waals surface area contributed by atoms with E-state index in [2.05, 4.69) is 39.8 Å². The number of carbonyl (C=O) groups excluding carboxylic acids is 2. The van der Waals surface area contributed by atoms with Gasteiger partial charge < -0.3 is 20.0 Å². The first kappa shape index (κ1) is 27.1. The van der Waals surface area contributed by atoms with Crippen LogP contribution in [0.2, 0.25) is 5.02 Å². The maximum Gasteiger partial charge on any atom is 0.287 e. The first-order valence-corrected chi connectivity index (χ1v) is 14.4. The Labute approximate surface area is 244 Å². The second-order valence-electron chi connectivity index (χ2n) is 10.7. The molecule has 0 bridgehead atoms. The van der Waals surface area contributed by atoms with Crippen molar-refractivity contribution in [3.63, 3.8) is 0 Å². The minimum Gasteiger partial charge on any atom is -0.450 e. The Balaban J connectivity index is 1.09. The van der Waals surface area contributed by atoms with Crippen molar-refractivity contribution in [3.8, 4) is 11.1 Å². The highest BCUT2D eigenvalue weighted by Crippen LogP contribution is 2.37. The van der Waals surface area contributed by atoms with Gasteiger partial charge in [0.2, 0.25) is 5.91 Å². The van der Waals surface area contributed by atoms with Crippen molar-refractivity contribution < 1.29 is 14.0 Å². The van der Waals surface area contributed by atoms with Crippen LogP contribution in [0, 0.1) is 0 Å². The zero-order valence-corrected chi connectivity index (χ0v) is 23.7. The summed E-state index contributed by atoms with van der Waals surface area (Å²) in [5, 5.41) is 9.54. The molecule has 0 atom stereocenters. The summed E-state index contributed by atoms with van der Waals surface area (Å²) in [6, 6.07) is 27.9. The van der Waals surface area contributed by atoms with Crippen LogP contribution in [0.4, 0.5) is 5.69 Å². The maximum absolute atomic E-state index is 13.1. The second kappa shape index (κ2) is 11.8. The zero-order valence-electron chi connectivity index (χ0n) is 23.0. The largest absolute Gasteiger partial charge is 0.450 e. The summed E-state index contributed by atoms with van der Waals surface area (Å²) in [6.45, 7) is 4.80. The fraction of sp³-hybridized carbons (Fsp3) is 0.235. The molecule has 6 nitrogen and oxygen atoms in total. The summed E-state index contributed by atoms with van der Waals surface area (Å²) in [5.74, 6) is 0.523. The molecule has 0 aliphatic carbocycles. The van der Waals surface area contributed by atoms with E-state index in [1.165, 1.54) is 12.5 Å². The Bertz CT molecular complexity index is 1720. The number of nitrogens with zero attached hydrogens (tertiary/aromatic N) is 1. The molecular formula is C34H32ClN3O3. The molecule has 2 N–H and O–H groups in total. The van der Waals surface area contributed by atoms with Gasteiger partial charge in [0.15, 0.2) is 5.76 Å². The number of rotatable bonds is 7. The van der Waals surface area contributed by atoms with Crippen LogP contribution in [0.15, 0.2) is 89.3 Å². The Morgan fingerprint density at radius 2 is 1.68 bits per heavy atom. The van der Waals surface area contributed by atoms with Crippen LogP contribution in [0.25, 0.3) is 32.9 Å². The Morgan fingerprint density at radius 1 is 0.927 bits per heavy atom.